The Hall–Kier alpha value is -1.87. The molecule has 1 heterocycles. The minimum atomic E-state index is -0.710. The van der Waals surface area contributed by atoms with E-state index in [2.05, 4.69) is 35.6 Å². The van der Waals surface area contributed by atoms with Gasteiger partial charge in [-0.1, -0.05) is 42.5 Å². The Bertz CT molecular complexity index is 594. The maximum Gasteiger partial charge on any atom is 0.308 e. The molecule has 0 radical (unpaired) electrons. The van der Waals surface area contributed by atoms with E-state index in [1.165, 1.54) is 10.8 Å². The van der Waals surface area contributed by atoms with Crippen molar-refractivity contribution in [2.24, 2.45) is 5.92 Å². The number of carboxylic acids is 1. The lowest BCUT2D eigenvalue weighted by Crippen LogP contribution is -2.20. The van der Waals surface area contributed by atoms with Crippen LogP contribution in [0.1, 0.15) is 11.5 Å². The lowest BCUT2D eigenvalue weighted by Gasteiger charge is -2.15. The summed E-state index contributed by atoms with van der Waals surface area (Å²) in [5, 5.41) is 14.8. The minimum absolute atomic E-state index is 0.0760. The molecule has 2 aromatic carbocycles. The van der Waals surface area contributed by atoms with Gasteiger partial charge in [0.05, 0.1) is 5.92 Å². The largest absolute Gasteiger partial charge is 0.481 e. The molecule has 1 saturated heterocycles. The number of aliphatic carboxylic acids is 1. The quantitative estimate of drug-likeness (QED) is 0.847. The third kappa shape index (κ3) is 1.87. The maximum absolute atomic E-state index is 11.2. The molecule has 2 aromatic rings. The highest BCUT2D eigenvalue weighted by Crippen LogP contribution is 2.30. The molecule has 0 spiro atoms. The van der Waals surface area contributed by atoms with Crippen molar-refractivity contribution >= 4 is 16.7 Å². The molecule has 3 rings (SSSR count). The molecule has 0 bridgehead atoms. The van der Waals surface area contributed by atoms with E-state index < -0.39 is 5.97 Å². The summed E-state index contributed by atoms with van der Waals surface area (Å²) in [6, 6.07) is 14.4. The highest BCUT2D eigenvalue weighted by molar-refractivity contribution is 5.83. The van der Waals surface area contributed by atoms with Crippen LogP contribution in [0.3, 0.4) is 0 Å². The van der Waals surface area contributed by atoms with Gasteiger partial charge in [0.1, 0.15) is 0 Å². The number of nitrogens with one attached hydrogen (secondary N) is 1. The Morgan fingerprint density at radius 1 is 1.11 bits per heavy atom. The van der Waals surface area contributed by atoms with Crippen LogP contribution < -0.4 is 5.32 Å². The summed E-state index contributed by atoms with van der Waals surface area (Å²) in [7, 11) is 0. The molecule has 2 atom stereocenters. The van der Waals surface area contributed by atoms with Gasteiger partial charge in [0.15, 0.2) is 0 Å². The lowest BCUT2D eigenvalue weighted by atomic mass is 9.88. The van der Waals surface area contributed by atoms with Crippen molar-refractivity contribution in [3.8, 4) is 0 Å². The summed E-state index contributed by atoms with van der Waals surface area (Å²) in [4.78, 5) is 11.2. The lowest BCUT2D eigenvalue weighted by molar-refractivity contribution is -0.141. The SMILES string of the molecule is O=C(O)[C@@H]1CNC[C@H]1c1ccc2ccccc2c1. The number of rotatable bonds is 2. The number of fused-ring (bicyclic) bond motifs is 1. The molecule has 3 heteroatoms. The Balaban J connectivity index is 2.01. The summed E-state index contributed by atoms with van der Waals surface area (Å²) in [6.45, 7) is 1.31. The molecule has 18 heavy (non-hydrogen) atoms. The molecule has 1 aliphatic heterocycles. The Labute approximate surface area is 105 Å². The smallest absolute Gasteiger partial charge is 0.308 e. The van der Waals surface area contributed by atoms with Crippen molar-refractivity contribution in [1.29, 1.82) is 0 Å². The van der Waals surface area contributed by atoms with E-state index in [0.717, 1.165) is 12.1 Å². The molecular weight excluding hydrogens is 226 g/mol. The van der Waals surface area contributed by atoms with Crippen LogP contribution in [0.25, 0.3) is 10.8 Å². The topological polar surface area (TPSA) is 49.3 Å². The molecule has 0 amide bonds. The van der Waals surface area contributed by atoms with Gasteiger partial charge in [-0.15, -0.1) is 0 Å². The van der Waals surface area contributed by atoms with Crippen LogP contribution in [0, 0.1) is 5.92 Å². The van der Waals surface area contributed by atoms with Crippen LogP contribution >= 0.6 is 0 Å². The van der Waals surface area contributed by atoms with Crippen LogP contribution in [0.15, 0.2) is 42.5 Å². The van der Waals surface area contributed by atoms with Gasteiger partial charge in [0.2, 0.25) is 0 Å². The van der Waals surface area contributed by atoms with Gasteiger partial charge >= 0.3 is 5.97 Å². The summed E-state index contributed by atoms with van der Waals surface area (Å²) in [5.41, 5.74) is 1.12. The number of carbonyl (C=O) groups is 1. The van der Waals surface area contributed by atoms with Gasteiger partial charge < -0.3 is 10.4 Å². The first-order chi connectivity index (χ1) is 8.75. The van der Waals surface area contributed by atoms with Crippen LogP contribution in [0.4, 0.5) is 0 Å². The van der Waals surface area contributed by atoms with E-state index in [4.69, 9.17) is 0 Å². The van der Waals surface area contributed by atoms with Gasteiger partial charge in [-0.3, -0.25) is 4.79 Å². The van der Waals surface area contributed by atoms with E-state index in [0.29, 0.717) is 6.54 Å². The zero-order chi connectivity index (χ0) is 12.5. The van der Waals surface area contributed by atoms with Crippen molar-refractivity contribution in [3.05, 3.63) is 48.0 Å². The molecular formula is C15H15NO2. The standard InChI is InChI=1S/C15H15NO2/c17-15(18)14-9-16-8-13(14)12-6-5-10-3-1-2-4-11(10)7-12/h1-7,13-14,16H,8-9H2,(H,17,18)/t13-,14+/m0/s1. The van der Waals surface area contributed by atoms with Crippen LogP contribution in [0.2, 0.25) is 0 Å². The second kappa shape index (κ2) is 4.42. The fraction of sp³-hybridized carbons (Fsp3) is 0.267. The first-order valence-corrected chi connectivity index (χ1v) is 6.18. The fourth-order valence-electron chi connectivity index (χ4n) is 2.73. The molecule has 0 aliphatic carbocycles. The second-order valence-electron chi connectivity index (χ2n) is 4.82. The highest BCUT2D eigenvalue weighted by atomic mass is 16.4. The molecule has 0 saturated carbocycles. The van der Waals surface area contributed by atoms with Crippen molar-refractivity contribution in [2.75, 3.05) is 13.1 Å². The van der Waals surface area contributed by atoms with Crippen LogP contribution in [-0.4, -0.2) is 24.2 Å². The fourth-order valence-corrected chi connectivity index (χ4v) is 2.73. The first kappa shape index (κ1) is 11.2. The predicted octanol–water partition coefficient (Wildman–Crippen LogP) is 2.23. The number of hydrogen-bond donors (Lipinski definition) is 2. The summed E-state index contributed by atoms with van der Waals surface area (Å²) >= 11 is 0. The summed E-state index contributed by atoms with van der Waals surface area (Å²) in [6.07, 6.45) is 0. The predicted molar refractivity (Wildman–Crippen MR) is 70.7 cm³/mol. The molecule has 92 valence electrons. The second-order valence-corrected chi connectivity index (χ2v) is 4.82. The van der Waals surface area contributed by atoms with Crippen molar-refractivity contribution < 1.29 is 9.90 Å². The molecule has 0 unspecified atom stereocenters. The third-order valence-corrected chi connectivity index (χ3v) is 3.73. The van der Waals surface area contributed by atoms with E-state index >= 15 is 0 Å². The van der Waals surface area contributed by atoms with E-state index in [1.807, 2.05) is 12.1 Å². The normalized spacial score (nSPS) is 23.3. The van der Waals surface area contributed by atoms with Crippen molar-refractivity contribution in [1.82, 2.24) is 5.32 Å². The zero-order valence-electron chi connectivity index (χ0n) is 9.97. The van der Waals surface area contributed by atoms with Gasteiger partial charge in [-0.05, 0) is 16.3 Å². The summed E-state index contributed by atoms with van der Waals surface area (Å²) in [5.74, 6) is -0.948. The third-order valence-electron chi connectivity index (χ3n) is 3.73. The van der Waals surface area contributed by atoms with Gasteiger partial charge in [0, 0.05) is 19.0 Å². The Morgan fingerprint density at radius 2 is 1.89 bits per heavy atom. The Morgan fingerprint density at radius 3 is 2.67 bits per heavy atom. The molecule has 1 fully saturated rings. The average molecular weight is 241 g/mol. The molecule has 1 aliphatic rings. The average Bonchev–Trinajstić information content (AvgIpc) is 2.87. The zero-order valence-corrected chi connectivity index (χ0v) is 9.97. The van der Waals surface area contributed by atoms with Crippen LogP contribution in [0.5, 0.6) is 0 Å². The maximum atomic E-state index is 11.2. The van der Waals surface area contributed by atoms with Crippen LogP contribution in [-0.2, 0) is 4.79 Å². The van der Waals surface area contributed by atoms with Crippen molar-refractivity contribution in [3.63, 3.8) is 0 Å². The van der Waals surface area contributed by atoms with Gasteiger partial charge in [-0.2, -0.15) is 0 Å². The Kier molecular flexibility index (Phi) is 2.76. The summed E-state index contributed by atoms with van der Waals surface area (Å²) < 4.78 is 0. The van der Waals surface area contributed by atoms with Gasteiger partial charge in [-0.25, -0.2) is 0 Å². The molecule has 2 N–H and O–H groups in total. The number of benzene rings is 2. The van der Waals surface area contributed by atoms with Crippen molar-refractivity contribution in [2.45, 2.75) is 5.92 Å². The van der Waals surface area contributed by atoms with E-state index in [-0.39, 0.29) is 11.8 Å². The number of hydrogen-bond acceptors (Lipinski definition) is 2. The van der Waals surface area contributed by atoms with E-state index in [1.54, 1.807) is 0 Å². The highest BCUT2D eigenvalue weighted by Gasteiger charge is 2.33. The monoisotopic (exact) mass is 241 g/mol. The molecule has 0 aromatic heterocycles. The number of carboxylic acid groups (broad SMARTS) is 1. The van der Waals surface area contributed by atoms with Gasteiger partial charge in [0.25, 0.3) is 0 Å². The first-order valence-electron chi connectivity index (χ1n) is 6.18. The van der Waals surface area contributed by atoms with E-state index in [9.17, 15) is 9.90 Å². The minimum Gasteiger partial charge on any atom is -0.481 e. The molecule has 3 nitrogen and oxygen atoms in total.